The number of carbonyl (C=O) groups excluding carboxylic acids is 1. The van der Waals surface area contributed by atoms with Gasteiger partial charge in [-0.1, -0.05) is 47.5 Å². The number of nitrogens with one attached hydrogen (secondary N) is 1. The molecule has 0 heterocycles. The summed E-state index contributed by atoms with van der Waals surface area (Å²) in [6.07, 6.45) is 4.77. The Balaban J connectivity index is 2.50. The molecular formula is C15H20BrNO2. The Morgan fingerprint density at radius 2 is 2.16 bits per heavy atom. The zero-order chi connectivity index (χ0) is 14.3. The summed E-state index contributed by atoms with van der Waals surface area (Å²) < 4.78 is 0.942. The molecule has 0 bridgehead atoms. The van der Waals surface area contributed by atoms with Crippen LogP contribution < -0.4 is 5.32 Å². The molecule has 1 aromatic carbocycles. The van der Waals surface area contributed by atoms with Crippen LogP contribution in [0.2, 0.25) is 0 Å². The van der Waals surface area contributed by atoms with Crippen LogP contribution in [-0.2, 0) is 4.79 Å². The van der Waals surface area contributed by atoms with E-state index in [1.807, 2.05) is 31.2 Å². The molecule has 0 fully saturated rings. The van der Waals surface area contributed by atoms with Crippen LogP contribution >= 0.6 is 15.9 Å². The highest BCUT2D eigenvalue weighted by Gasteiger charge is 2.19. The van der Waals surface area contributed by atoms with Crippen molar-refractivity contribution in [2.45, 2.75) is 32.3 Å². The number of hydrogen-bond acceptors (Lipinski definition) is 2. The first-order chi connectivity index (χ1) is 8.94. The largest absolute Gasteiger partial charge is 0.388 e. The van der Waals surface area contributed by atoms with E-state index in [9.17, 15) is 9.90 Å². The van der Waals surface area contributed by atoms with Crippen LogP contribution in [0.5, 0.6) is 0 Å². The van der Waals surface area contributed by atoms with Crippen molar-refractivity contribution in [3.05, 3.63) is 40.4 Å². The average molecular weight is 326 g/mol. The number of carbonyl (C=O) groups is 1. The first-order valence-corrected chi connectivity index (χ1v) is 7.17. The van der Waals surface area contributed by atoms with Gasteiger partial charge in [-0.25, -0.2) is 0 Å². The fourth-order valence-corrected chi connectivity index (χ4v) is 2.16. The third kappa shape index (κ3) is 6.03. The maximum absolute atomic E-state index is 11.7. The third-order valence-corrected chi connectivity index (χ3v) is 3.47. The molecule has 0 aromatic heterocycles. The molecule has 0 saturated heterocycles. The molecule has 104 valence electrons. The van der Waals surface area contributed by atoms with Gasteiger partial charge in [-0.05, 0) is 31.1 Å². The zero-order valence-corrected chi connectivity index (χ0v) is 12.9. The lowest BCUT2D eigenvalue weighted by Gasteiger charge is -2.22. The fraction of sp³-hybridized carbons (Fsp3) is 0.400. The predicted octanol–water partition coefficient (Wildman–Crippen LogP) is 3.13. The number of amides is 1. The van der Waals surface area contributed by atoms with E-state index >= 15 is 0 Å². The predicted molar refractivity (Wildman–Crippen MR) is 81.7 cm³/mol. The molecule has 1 unspecified atom stereocenters. The van der Waals surface area contributed by atoms with E-state index in [-0.39, 0.29) is 12.5 Å². The van der Waals surface area contributed by atoms with Crippen molar-refractivity contribution in [2.24, 2.45) is 0 Å². The third-order valence-electron chi connectivity index (χ3n) is 2.75. The van der Waals surface area contributed by atoms with Gasteiger partial charge in [0.05, 0.1) is 5.60 Å². The van der Waals surface area contributed by atoms with Crippen LogP contribution in [0.3, 0.4) is 0 Å². The van der Waals surface area contributed by atoms with Crippen LogP contribution in [0, 0.1) is 0 Å². The lowest BCUT2D eigenvalue weighted by Crippen LogP contribution is -2.39. The molecule has 0 saturated carbocycles. The molecule has 0 aliphatic carbocycles. The van der Waals surface area contributed by atoms with Gasteiger partial charge in [0, 0.05) is 17.1 Å². The Hall–Kier alpha value is -1.13. The van der Waals surface area contributed by atoms with Gasteiger partial charge in [-0.3, -0.25) is 4.79 Å². The van der Waals surface area contributed by atoms with Gasteiger partial charge in [-0.2, -0.15) is 0 Å². The molecule has 0 aliphatic heterocycles. The second-order valence-electron chi connectivity index (χ2n) is 4.82. The van der Waals surface area contributed by atoms with Crippen LogP contribution in [0.15, 0.2) is 34.8 Å². The summed E-state index contributed by atoms with van der Waals surface area (Å²) in [4.78, 5) is 11.7. The minimum Gasteiger partial charge on any atom is -0.388 e. The molecule has 0 aliphatic rings. The Morgan fingerprint density at radius 3 is 2.79 bits per heavy atom. The van der Waals surface area contributed by atoms with Crippen LogP contribution in [0.4, 0.5) is 0 Å². The molecule has 2 N–H and O–H groups in total. The molecule has 4 heteroatoms. The number of benzene rings is 1. The monoisotopic (exact) mass is 325 g/mol. The lowest BCUT2D eigenvalue weighted by molar-refractivity contribution is -0.117. The van der Waals surface area contributed by atoms with Gasteiger partial charge in [0.25, 0.3) is 0 Å². The summed E-state index contributed by atoms with van der Waals surface area (Å²) in [6, 6.07) is 7.67. The number of halogens is 1. The summed E-state index contributed by atoms with van der Waals surface area (Å²) in [7, 11) is 0. The quantitative estimate of drug-likeness (QED) is 0.789. The summed E-state index contributed by atoms with van der Waals surface area (Å²) in [5, 5.41) is 12.7. The summed E-state index contributed by atoms with van der Waals surface area (Å²) in [5.74, 6) is -0.202. The Morgan fingerprint density at radius 1 is 1.47 bits per heavy atom. The maximum atomic E-state index is 11.7. The Kier molecular flexibility index (Phi) is 6.25. The van der Waals surface area contributed by atoms with Gasteiger partial charge >= 0.3 is 0 Å². The van der Waals surface area contributed by atoms with Crippen molar-refractivity contribution < 1.29 is 9.90 Å². The second-order valence-corrected chi connectivity index (χ2v) is 5.67. The molecule has 1 rings (SSSR count). The van der Waals surface area contributed by atoms with E-state index in [4.69, 9.17) is 0 Å². The maximum Gasteiger partial charge on any atom is 0.244 e. The standard InChI is InChI=1S/C15H20BrNO2/c1-3-10-15(2,19)11-17-14(18)9-8-12-6-4-5-7-13(12)16/h4-9,19H,3,10-11H2,1-2H3,(H,17,18)/b9-8+. The van der Waals surface area contributed by atoms with Crippen molar-refractivity contribution in [1.82, 2.24) is 5.32 Å². The first-order valence-electron chi connectivity index (χ1n) is 6.37. The smallest absolute Gasteiger partial charge is 0.244 e. The first kappa shape index (κ1) is 15.9. The lowest BCUT2D eigenvalue weighted by atomic mass is 10.0. The minimum absolute atomic E-state index is 0.202. The number of aliphatic hydroxyl groups is 1. The summed E-state index contributed by atoms with van der Waals surface area (Å²) in [5.41, 5.74) is 0.101. The Bertz CT molecular complexity index is 455. The van der Waals surface area contributed by atoms with Gasteiger partial charge in [0.1, 0.15) is 0 Å². The van der Waals surface area contributed by atoms with Crippen molar-refractivity contribution in [1.29, 1.82) is 0 Å². The van der Waals surface area contributed by atoms with E-state index < -0.39 is 5.60 Å². The van der Waals surface area contributed by atoms with Gasteiger partial charge in [-0.15, -0.1) is 0 Å². The molecular weight excluding hydrogens is 306 g/mol. The van der Waals surface area contributed by atoms with E-state index in [0.717, 1.165) is 16.5 Å². The minimum atomic E-state index is -0.842. The number of rotatable bonds is 6. The van der Waals surface area contributed by atoms with E-state index in [0.29, 0.717) is 6.42 Å². The van der Waals surface area contributed by atoms with Crippen LogP contribution in [-0.4, -0.2) is 23.2 Å². The van der Waals surface area contributed by atoms with E-state index in [1.54, 1.807) is 13.0 Å². The van der Waals surface area contributed by atoms with E-state index in [1.165, 1.54) is 6.08 Å². The summed E-state index contributed by atoms with van der Waals surface area (Å²) in [6.45, 7) is 4.00. The fourth-order valence-electron chi connectivity index (χ4n) is 1.74. The number of hydrogen-bond donors (Lipinski definition) is 2. The highest BCUT2D eigenvalue weighted by molar-refractivity contribution is 9.10. The van der Waals surface area contributed by atoms with Crippen molar-refractivity contribution in [3.8, 4) is 0 Å². The zero-order valence-electron chi connectivity index (χ0n) is 11.3. The molecule has 19 heavy (non-hydrogen) atoms. The van der Waals surface area contributed by atoms with Crippen LogP contribution in [0.25, 0.3) is 6.08 Å². The second kappa shape index (κ2) is 7.46. The molecule has 1 atom stereocenters. The normalized spacial score (nSPS) is 14.3. The van der Waals surface area contributed by atoms with Crippen molar-refractivity contribution in [3.63, 3.8) is 0 Å². The molecule has 0 spiro atoms. The highest BCUT2D eigenvalue weighted by Crippen LogP contribution is 2.17. The van der Waals surface area contributed by atoms with E-state index in [2.05, 4.69) is 21.2 Å². The van der Waals surface area contributed by atoms with Crippen molar-refractivity contribution >= 4 is 27.9 Å². The van der Waals surface area contributed by atoms with Gasteiger partial charge in [0.2, 0.25) is 5.91 Å². The van der Waals surface area contributed by atoms with Gasteiger partial charge < -0.3 is 10.4 Å². The molecule has 1 aromatic rings. The van der Waals surface area contributed by atoms with Gasteiger partial charge in [0.15, 0.2) is 0 Å². The van der Waals surface area contributed by atoms with Crippen molar-refractivity contribution in [2.75, 3.05) is 6.54 Å². The topological polar surface area (TPSA) is 49.3 Å². The summed E-state index contributed by atoms with van der Waals surface area (Å²) >= 11 is 3.41. The molecule has 3 nitrogen and oxygen atoms in total. The Labute approximate surface area is 122 Å². The SMILES string of the molecule is CCCC(C)(O)CNC(=O)/C=C/c1ccccc1Br. The average Bonchev–Trinajstić information content (AvgIpc) is 2.35. The molecule has 1 amide bonds. The van der Waals surface area contributed by atoms with Crippen LogP contribution in [0.1, 0.15) is 32.3 Å². The molecule has 0 radical (unpaired) electrons. The highest BCUT2D eigenvalue weighted by atomic mass is 79.9.